The molecule has 4 aromatic rings. The first-order valence-corrected chi connectivity index (χ1v) is 10.2. The van der Waals surface area contributed by atoms with Crippen LogP contribution in [0.3, 0.4) is 0 Å². The van der Waals surface area contributed by atoms with Gasteiger partial charge >= 0.3 is 0 Å². The van der Waals surface area contributed by atoms with Crippen molar-refractivity contribution in [3.05, 3.63) is 59.2 Å². The van der Waals surface area contributed by atoms with Crippen LogP contribution in [0.2, 0.25) is 0 Å². The smallest absolute Gasteiger partial charge is 0.164 e. The maximum absolute atomic E-state index is 5.87. The SMILES string of the molecule is COc1ccccc1OCCNc1nc(-c2cccnc2)nc2sc(C)c(C)c12. The van der Waals surface area contributed by atoms with Crippen LogP contribution in [0.5, 0.6) is 11.5 Å². The molecule has 0 radical (unpaired) electrons. The third-order valence-electron chi connectivity index (χ3n) is 4.67. The maximum Gasteiger partial charge on any atom is 0.164 e. The molecule has 0 saturated heterocycles. The molecule has 0 unspecified atom stereocenters. The number of nitrogens with one attached hydrogen (secondary N) is 1. The number of methoxy groups -OCH3 is 1. The molecule has 0 aliphatic rings. The molecule has 0 fully saturated rings. The molecule has 148 valence electrons. The largest absolute Gasteiger partial charge is 0.493 e. The first-order chi connectivity index (χ1) is 14.2. The fraction of sp³-hybridized carbons (Fsp3) is 0.227. The molecule has 7 heteroatoms. The molecule has 29 heavy (non-hydrogen) atoms. The summed E-state index contributed by atoms with van der Waals surface area (Å²) in [6, 6.07) is 11.5. The summed E-state index contributed by atoms with van der Waals surface area (Å²) in [4.78, 5) is 16.0. The number of aryl methyl sites for hydroxylation is 2. The van der Waals surface area contributed by atoms with Gasteiger partial charge in [-0.05, 0) is 43.7 Å². The Balaban J connectivity index is 1.57. The fourth-order valence-electron chi connectivity index (χ4n) is 3.07. The Morgan fingerprint density at radius 2 is 1.86 bits per heavy atom. The van der Waals surface area contributed by atoms with Gasteiger partial charge in [0.15, 0.2) is 17.3 Å². The second-order valence-electron chi connectivity index (χ2n) is 6.53. The van der Waals surface area contributed by atoms with Crippen LogP contribution >= 0.6 is 11.3 Å². The van der Waals surface area contributed by atoms with Gasteiger partial charge in [-0.1, -0.05) is 12.1 Å². The van der Waals surface area contributed by atoms with E-state index in [0.29, 0.717) is 19.0 Å². The number of rotatable bonds is 7. The Morgan fingerprint density at radius 1 is 1.03 bits per heavy atom. The van der Waals surface area contributed by atoms with Crippen LogP contribution in [-0.4, -0.2) is 35.2 Å². The number of nitrogens with zero attached hydrogens (tertiary/aromatic N) is 3. The van der Waals surface area contributed by atoms with Crippen molar-refractivity contribution in [2.75, 3.05) is 25.6 Å². The maximum atomic E-state index is 5.87. The highest BCUT2D eigenvalue weighted by Gasteiger charge is 2.15. The Kier molecular flexibility index (Phi) is 5.57. The highest BCUT2D eigenvalue weighted by molar-refractivity contribution is 7.18. The number of para-hydroxylation sites is 2. The van der Waals surface area contributed by atoms with E-state index in [9.17, 15) is 0 Å². The monoisotopic (exact) mass is 406 g/mol. The number of hydrogen-bond donors (Lipinski definition) is 1. The van der Waals surface area contributed by atoms with Crippen LogP contribution < -0.4 is 14.8 Å². The van der Waals surface area contributed by atoms with Gasteiger partial charge in [0.25, 0.3) is 0 Å². The number of fused-ring (bicyclic) bond motifs is 1. The van der Waals surface area contributed by atoms with Gasteiger partial charge in [-0.3, -0.25) is 4.98 Å². The molecule has 3 aromatic heterocycles. The quantitative estimate of drug-likeness (QED) is 0.442. The zero-order chi connectivity index (χ0) is 20.2. The zero-order valence-corrected chi connectivity index (χ0v) is 17.4. The van der Waals surface area contributed by atoms with E-state index in [-0.39, 0.29) is 0 Å². The van der Waals surface area contributed by atoms with Crippen molar-refractivity contribution in [3.63, 3.8) is 0 Å². The molecule has 4 rings (SSSR count). The topological polar surface area (TPSA) is 69.2 Å². The fourth-order valence-corrected chi connectivity index (χ4v) is 4.10. The molecular formula is C22H22N4O2S. The lowest BCUT2D eigenvalue weighted by Gasteiger charge is -2.12. The number of aromatic nitrogens is 3. The summed E-state index contributed by atoms with van der Waals surface area (Å²) < 4.78 is 11.2. The van der Waals surface area contributed by atoms with E-state index in [1.807, 2.05) is 36.4 Å². The van der Waals surface area contributed by atoms with E-state index >= 15 is 0 Å². The number of anilines is 1. The standard InChI is InChI=1S/C22H22N4O2S/c1-14-15(2)29-22-19(14)21(25-20(26-22)16-7-6-10-23-13-16)24-11-12-28-18-9-5-4-8-17(18)27-3/h4-10,13H,11-12H2,1-3H3,(H,24,25,26). The number of pyridine rings is 1. The van der Waals surface area contributed by atoms with Crippen molar-refractivity contribution in [3.8, 4) is 22.9 Å². The van der Waals surface area contributed by atoms with Gasteiger partial charge < -0.3 is 14.8 Å². The van der Waals surface area contributed by atoms with Gasteiger partial charge in [0, 0.05) is 22.8 Å². The lowest BCUT2D eigenvalue weighted by atomic mass is 10.2. The summed E-state index contributed by atoms with van der Waals surface area (Å²) in [5.74, 6) is 2.93. The highest BCUT2D eigenvalue weighted by Crippen LogP contribution is 2.34. The van der Waals surface area contributed by atoms with Crippen LogP contribution in [0.25, 0.3) is 21.6 Å². The van der Waals surface area contributed by atoms with Crippen molar-refractivity contribution in [2.24, 2.45) is 0 Å². The summed E-state index contributed by atoms with van der Waals surface area (Å²) in [6.07, 6.45) is 3.53. The summed E-state index contributed by atoms with van der Waals surface area (Å²) in [6.45, 7) is 5.30. The molecule has 0 spiro atoms. The minimum atomic E-state index is 0.482. The van der Waals surface area contributed by atoms with E-state index in [1.54, 1.807) is 30.8 Å². The average molecular weight is 407 g/mol. The van der Waals surface area contributed by atoms with Crippen molar-refractivity contribution in [1.29, 1.82) is 0 Å². The molecule has 6 nitrogen and oxygen atoms in total. The zero-order valence-electron chi connectivity index (χ0n) is 16.6. The molecule has 1 N–H and O–H groups in total. The summed E-state index contributed by atoms with van der Waals surface area (Å²) >= 11 is 1.68. The van der Waals surface area contributed by atoms with Crippen LogP contribution in [0.1, 0.15) is 10.4 Å². The Hall–Kier alpha value is -3.19. The Labute approximate surface area is 173 Å². The van der Waals surface area contributed by atoms with E-state index in [2.05, 4.69) is 24.1 Å². The van der Waals surface area contributed by atoms with Crippen LogP contribution in [-0.2, 0) is 0 Å². The molecule has 1 aromatic carbocycles. The second kappa shape index (κ2) is 8.45. The molecule has 0 bridgehead atoms. The van der Waals surface area contributed by atoms with E-state index in [1.165, 1.54) is 10.4 Å². The molecular weight excluding hydrogens is 384 g/mol. The molecule has 0 aliphatic heterocycles. The number of thiophene rings is 1. The first-order valence-electron chi connectivity index (χ1n) is 9.35. The Morgan fingerprint density at radius 3 is 2.62 bits per heavy atom. The molecule has 0 saturated carbocycles. The van der Waals surface area contributed by atoms with Crippen molar-refractivity contribution in [2.45, 2.75) is 13.8 Å². The van der Waals surface area contributed by atoms with E-state index in [0.717, 1.165) is 33.1 Å². The van der Waals surface area contributed by atoms with Gasteiger partial charge in [-0.2, -0.15) is 0 Å². The van der Waals surface area contributed by atoms with Crippen LogP contribution in [0.4, 0.5) is 5.82 Å². The molecule has 0 amide bonds. The van der Waals surface area contributed by atoms with E-state index in [4.69, 9.17) is 19.4 Å². The number of benzene rings is 1. The number of ether oxygens (including phenoxy) is 2. The van der Waals surface area contributed by atoms with E-state index < -0.39 is 0 Å². The lowest BCUT2D eigenvalue weighted by Crippen LogP contribution is -2.13. The second-order valence-corrected chi connectivity index (χ2v) is 7.73. The minimum Gasteiger partial charge on any atom is -0.493 e. The third-order valence-corrected chi connectivity index (χ3v) is 5.77. The average Bonchev–Trinajstić information content (AvgIpc) is 3.05. The minimum absolute atomic E-state index is 0.482. The first kappa shape index (κ1) is 19.1. The summed E-state index contributed by atoms with van der Waals surface area (Å²) in [5.41, 5.74) is 2.10. The molecule has 3 heterocycles. The molecule has 0 atom stereocenters. The van der Waals surface area contributed by atoms with Crippen LogP contribution in [0.15, 0.2) is 48.8 Å². The normalized spacial score (nSPS) is 10.9. The number of hydrogen-bond acceptors (Lipinski definition) is 7. The predicted octanol–water partition coefficient (Wildman–Crippen LogP) is 4.87. The Bertz CT molecular complexity index is 1130. The predicted molar refractivity (Wildman–Crippen MR) is 117 cm³/mol. The van der Waals surface area contributed by atoms with Crippen molar-refractivity contribution >= 4 is 27.4 Å². The molecule has 0 aliphatic carbocycles. The summed E-state index contributed by atoms with van der Waals surface area (Å²) in [5, 5.41) is 4.50. The van der Waals surface area contributed by atoms with Crippen molar-refractivity contribution < 1.29 is 9.47 Å². The van der Waals surface area contributed by atoms with Crippen molar-refractivity contribution in [1.82, 2.24) is 15.0 Å². The van der Waals surface area contributed by atoms with Gasteiger partial charge in [0.2, 0.25) is 0 Å². The van der Waals surface area contributed by atoms with Gasteiger partial charge in [-0.25, -0.2) is 9.97 Å². The van der Waals surface area contributed by atoms with Crippen LogP contribution in [0, 0.1) is 13.8 Å². The third kappa shape index (κ3) is 4.00. The lowest BCUT2D eigenvalue weighted by molar-refractivity contribution is 0.306. The highest BCUT2D eigenvalue weighted by atomic mass is 32.1. The van der Waals surface area contributed by atoms with Gasteiger partial charge in [0.1, 0.15) is 17.3 Å². The van der Waals surface area contributed by atoms with Gasteiger partial charge in [-0.15, -0.1) is 11.3 Å². The van der Waals surface area contributed by atoms with Gasteiger partial charge in [0.05, 0.1) is 19.0 Å². The summed E-state index contributed by atoms with van der Waals surface area (Å²) in [7, 11) is 1.64.